The standard InChI is InChI=1S/C12H16BrNO3S/c1-3-9(4-2)12(15)14-18(16,17)11-7-5-10(13)6-8-11/h5-9H,3-4H2,1-2H3,(H,14,15). The first-order valence-electron chi connectivity index (χ1n) is 5.73. The average molecular weight is 334 g/mol. The van der Waals surface area contributed by atoms with Crippen LogP contribution in [0.3, 0.4) is 0 Å². The van der Waals surface area contributed by atoms with Crippen molar-refractivity contribution in [3.63, 3.8) is 0 Å². The van der Waals surface area contributed by atoms with Gasteiger partial charge >= 0.3 is 0 Å². The molecule has 0 radical (unpaired) electrons. The summed E-state index contributed by atoms with van der Waals surface area (Å²) in [5.41, 5.74) is 0. The molecule has 0 saturated heterocycles. The van der Waals surface area contributed by atoms with Gasteiger partial charge in [-0.05, 0) is 37.1 Å². The van der Waals surface area contributed by atoms with Crippen molar-refractivity contribution in [1.82, 2.24) is 4.72 Å². The summed E-state index contributed by atoms with van der Waals surface area (Å²) in [5, 5.41) is 0. The molecule has 1 amide bonds. The highest BCUT2D eigenvalue weighted by molar-refractivity contribution is 9.10. The molecule has 100 valence electrons. The molecule has 0 spiro atoms. The summed E-state index contributed by atoms with van der Waals surface area (Å²) in [6, 6.07) is 6.14. The summed E-state index contributed by atoms with van der Waals surface area (Å²) in [6.45, 7) is 3.72. The number of hydrogen-bond donors (Lipinski definition) is 1. The summed E-state index contributed by atoms with van der Waals surface area (Å²) in [7, 11) is -3.76. The fraction of sp³-hybridized carbons (Fsp3) is 0.417. The highest BCUT2D eigenvalue weighted by atomic mass is 79.9. The molecular formula is C12H16BrNO3S. The van der Waals surface area contributed by atoms with Crippen molar-refractivity contribution < 1.29 is 13.2 Å². The topological polar surface area (TPSA) is 63.2 Å². The van der Waals surface area contributed by atoms with E-state index in [0.717, 1.165) is 4.47 Å². The lowest BCUT2D eigenvalue weighted by Gasteiger charge is -2.13. The van der Waals surface area contributed by atoms with Crippen molar-refractivity contribution in [2.45, 2.75) is 31.6 Å². The molecule has 1 rings (SSSR count). The molecule has 0 atom stereocenters. The zero-order chi connectivity index (χ0) is 13.8. The van der Waals surface area contributed by atoms with Gasteiger partial charge in [0.2, 0.25) is 5.91 Å². The fourth-order valence-electron chi connectivity index (χ4n) is 1.55. The Labute approximate surface area is 116 Å². The van der Waals surface area contributed by atoms with Crippen molar-refractivity contribution in [3.05, 3.63) is 28.7 Å². The molecule has 0 aliphatic heterocycles. The van der Waals surface area contributed by atoms with Crippen LogP contribution in [-0.4, -0.2) is 14.3 Å². The molecule has 0 fully saturated rings. The Morgan fingerprint density at radius 2 is 1.72 bits per heavy atom. The maximum absolute atomic E-state index is 11.9. The van der Waals surface area contributed by atoms with Crippen molar-refractivity contribution in [3.8, 4) is 0 Å². The van der Waals surface area contributed by atoms with Gasteiger partial charge in [0, 0.05) is 10.4 Å². The Hall–Kier alpha value is -0.880. The summed E-state index contributed by atoms with van der Waals surface area (Å²) in [6.07, 6.45) is 1.25. The molecule has 0 saturated carbocycles. The molecule has 0 aliphatic rings. The van der Waals surface area contributed by atoms with Crippen LogP contribution in [0.1, 0.15) is 26.7 Å². The average Bonchev–Trinajstić information content (AvgIpc) is 2.30. The number of benzene rings is 1. The summed E-state index contributed by atoms with van der Waals surface area (Å²) in [5.74, 6) is -0.710. The number of nitrogens with one attached hydrogen (secondary N) is 1. The lowest BCUT2D eigenvalue weighted by Crippen LogP contribution is -2.35. The molecule has 0 aromatic heterocycles. The smallest absolute Gasteiger partial charge is 0.264 e. The number of carbonyl (C=O) groups is 1. The van der Waals surface area contributed by atoms with Gasteiger partial charge in [-0.1, -0.05) is 29.8 Å². The molecular weight excluding hydrogens is 318 g/mol. The Morgan fingerprint density at radius 1 is 1.22 bits per heavy atom. The SMILES string of the molecule is CCC(CC)C(=O)NS(=O)(=O)c1ccc(Br)cc1. The maximum Gasteiger partial charge on any atom is 0.264 e. The van der Waals surface area contributed by atoms with E-state index in [2.05, 4.69) is 20.7 Å². The summed E-state index contributed by atoms with van der Waals surface area (Å²) < 4.78 is 26.8. The lowest BCUT2D eigenvalue weighted by molar-refractivity contribution is -0.123. The van der Waals surface area contributed by atoms with Crippen LogP contribution in [0.2, 0.25) is 0 Å². The van der Waals surface area contributed by atoms with Crippen molar-refractivity contribution in [1.29, 1.82) is 0 Å². The van der Waals surface area contributed by atoms with E-state index in [-0.39, 0.29) is 10.8 Å². The lowest BCUT2D eigenvalue weighted by atomic mass is 10.0. The molecule has 1 aromatic carbocycles. The van der Waals surface area contributed by atoms with E-state index in [1.807, 2.05) is 13.8 Å². The Morgan fingerprint density at radius 3 is 2.17 bits per heavy atom. The monoisotopic (exact) mass is 333 g/mol. The quantitative estimate of drug-likeness (QED) is 0.900. The number of amides is 1. The van der Waals surface area contributed by atoms with E-state index < -0.39 is 15.9 Å². The Kier molecular flexibility index (Phi) is 5.34. The third-order valence-electron chi connectivity index (χ3n) is 2.72. The van der Waals surface area contributed by atoms with E-state index in [1.54, 1.807) is 12.1 Å². The molecule has 0 unspecified atom stereocenters. The third kappa shape index (κ3) is 3.81. The molecule has 4 nitrogen and oxygen atoms in total. The fourth-order valence-corrected chi connectivity index (χ4v) is 2.86. The van der Waals surface area contributed by atoms with Crippen LogP contribution in [0.25, 0.3) is 0 Å². The minimum Gasteiger partial charge on any atom is -0.274 e. The Balaban J connectivity index is 2.89. The zero-order valence-corrected chi connectivity index (χ0v) is 12.7. The Bertz CT molecular complexity index is 507. The van der Waals surface area contributed by atoms with Crippen molar-refractivity contribution >= 4 is 31.9 Å². The molecule has 0 heterocycles. The molecule has 6 heteroatoms. The third-order valence-corrected chi connectivity index (χ3v) is 4.61. The van der Waals surface area contributed by atoms with Crippen LogP contribution in [0.15, 0.2) is 33.6 Å². The van der Waals surface area contributed by atoms with Gasteiger partial charge in [-0.3, -0.25) is 4.79 Å². The highest BCUT2D eigenvalue weighted by Crippen LogP contribution is 2.15. The molecule has 0 bridgehead atoms. The molecule has 18 heavy (non-hydrogen) atoms. The second kappa shape index (κ2) is 6.33. The van der Waals surface area contributed by atoms with E-state index in [4.69, 9.17) is 0 Å². The van der Waals surface area contributed by atoms with Crippen molar-refractivity contribution in [2.75, 3.05) is 0 Å². The molecule has 1 N–H and O–H groups in total. The largest absolute Gasteiger partial charge is 0.274 e. The van der Waals surface area contributed by atoms with Crippen molar-refractivity contribution in [2.24, 2.45) is 5.92 Å². The van der Waals surface area contributed by atoms with Gasteiger partial charge in [-0.2, -0.15) is 0 Å². The van der Waals surface area contributed by atoms with E-state index in [0.29, 0.717) is 12.8 Å². The van der Waals surface area contributed by atoms with Gasteiger partial charge < -0.3 is 0 Å². The van der Waals surface area contributed by atoms with Crippen LogP contribution >= 0.6 is 15.9 Å². The second-order valence-corrected chi connectivity index (χ2v) is 6.54. The molecule has 0 aliphatic carbocycles. The van der Waals surface area contributed by atoms with E-state index >= 15 is 0 Å². The molecule has 1 aromatic rings. The van der Waals surface area contributed by atoms with Crippen LogP contribution in [0.4, 0.5) is 0 Å². The van der Waals surface area contributed by atoms with E-state index in [9.17, 15) is 13.2 Å². The summed E-state index contributed by atoms with van der Waals surface area (Å²) in [4.78, 5) is 11.8. The predicted octanol–water partition coefficient (Wildman–Crippen LogP) is 2.69. The van der Waals surface area contributed by atoms with Crippen LogP contribution in [0.5, 0.6) is 0 Å². The maximum atomic E-state index is 11.9. The van der Waals surface area contributed by atoms with Gasteiger partial charge in [-0.15, -0.1) is 0 Å². The van der Waals surface area contributed by atoms with Gasteiger partial charge in [0.15, 0.2) is 0 Å². The van der Waals surface area contributed by atoms with Crippen LogP contribution < -0.4 is 4.72 Å². The first-order chi connectivity index (χ1) is 8.40. The first kappa shape index (κ1) is 15.2. The minimum atomic E-state index is -3.76. The first-order valence-corrected chi connectivity index (χ1v) is 8.00. The van der Waals surface area contributed by atoms with Gasteiger partial charge in [0.25, 0.3) is 10.0 Å². The number of halogens is 1. The van der Waals surface area contributed by atoms with Crippen LogP contribution in [0, 0.1) is 5.92 Å². The number of rotatable bonds is 5. The number of hydrogen-bond acceptors (Lipinski definition) is 3. The van der Waals surface area contributed by atoms with E-state index in [1.165, 1.54) is 12.1 Å². The van der Waals surface area contributed by atoms with Gasteiger partial charge in [0.05, 0.1) is 4.90 Å². The van der Waals surface area contributed by atoms with Gasteiger partial charge in [0.1, 0.15) is 0 Å². The second-order valence-electron chi connectivity index (χ2n) is 3.94. The van der Waals surface area contributed by atoms with Gasteiger partial charge in [-0.25, -0.2) is 13.1 Å². The normalized spacial score (nSPS) is 11.6. The number of sulfonamides is 1. The number of carbonyl (C=O) groups excluding carboxylic acids is 1. The zero-order valence-electron chi connectivity index (χ0n) is 10.3. The van der Waals surface area contributed by atoms with Crippen LogP contribution in [-0.2, 0) is 14.8 Å². The highest BCUT2D eigenvalue weighted by Gasteiger charge is 2.22. The predicted molar refractivity (Wildman–Crippen MR) is 73.5 cm³/mol. The minimum absolute atomic E-state index is 0.0880. The summed E-state index contributed by atoms with van der Waals surface area (Å²) >= 11 is 3.23.